The van der Waals surface area contributed by atoms with Gasteiger partial charge >= 0.3 is 0 Å². The van der Waals surface area contributed by atoms with E-state index in [1.165, 1.54) is 24.2 Å². The highest BCUT2D eigenvalue weighted by molar-refractivity contribution is 7.99. The van der Waals surface area contributed by atoms with Gasteiger partial charge in [-0.05, 0) is 43.0 Å². The molecule has 3 rings (SSSR count). The van der Waals surface area contributed by atoms with Crippen LogP contribution in [-0.4, -0.2) is 41.6 Å². The molecule has 2 fully saturated rings. The molecule has 0 aromatic carbocycles. The van der Waals surface area contributed by atoms with Crippen molar-refractivity contribution >= 4 is 34.9 Å². The van der Waals surface area contributed by atoms with E-state index in [9.17, 15) is 18.4 Å². The molecule has 0 unspecified atom stereocenters. The number of nitrogens with zero attached hydrogens (tertiary/aromatic N) is 1. The molecule has 4 nitrogen and oxygen atoms in total. The first-order chi connectivity index (χ1) is 12.5. The molecule has 1 aliphatic heterocycles. The van der Waals surface area contributed by atoms with E-state index in [0.29, 0.717) is 59.8 Å². The highest BCUT2D eigenvalue weighted by atomic mass is 32.2. The number of amides is 2. The largest absolute Gasteiger partial charge is 0.353 e. The second-order valence-corrected chi connectivity index (χ2v) is 8.93. The molecule has 144 valence electrons. The Hall–Kier alpha value is -1.15. The zero-order chi connectivity index (χ0) is 18.5. The Morgan fingerprint density at radius 3 is 2.58 bits per heavy atom. The molecule has 2 aliphatic rings. The first kappa shape index (κ1) is 19.6. The average molecular weight is 403 g/mol. The van der Waals surface area contributed by atoms with Gasteiger partial charge in [-0.2, -0.15) is 8.78 Å². The molecule has 2 heterocycles. The van der Waals surface area contributed by atoms with Gasteiger partial charge in [-0.1, -0.05) is 24.6 Å². The highest BCUT2D eigenvalue weighted by Crippen LogP contribution is 2.33. The molecule has 0 radical (unpaired) electrons. The third kappa shape index (κ3) is 5.19. The molecule has 1 saturated heterocycles. The summed E-state index contributed by atoms with van der Waals surface area (Å²) in [6.07, 6.45) is 6.80. The minimum Gasteiger partial charge on any atom is -0.353 e. The number of hydrogen-bond donors (Lipinski definition) is 1. The molecule has 8 heteroatoms. The molecule has 0 atom stereocenters. The van der Waals surface area contributed by atoms with Gasteiger partial charge in [-0.15, -0.1) is 11.3 Å². The van der Waals surface area contributed by atoms with Crippen molar-refractivity contribution in [3.63, 3.8) is 0 Å². The van der Waals surface area contributed by atoms with Crippen LogP contribution in [-0.2, 0) is 4.79 Å². The Kier molecular flexibility index (Phi) is 6.92. The molecular weight excluding hydrogens is 378 g/mol. The van der Waals surface area contributed by atoms with Crippen LogP contribution in [0.4, 0.5) is 8.78 Å². The van der Waals surface area contributed by atoms with Crippen molar-refractivity contribution in [1.29, 1.82) is 0 Å². The van der Waals surface area contributed by atoms with Crippen LogP contribution in [0.2, 0.25) is 0 Å². The van der Waals surface area contributed by atoms with Gasteiger partial charge in [0, 0.05) is 30.4 Å². The first-order valence-corrected chi connectivity index (χ1v) is 10.9. The molecule has 1 aliphatic carbocycles. The summed E-state index contributed by atoms with van der Waals surface area (Å²) in [6.45, 7) is 1.09. The molecule has 0 spiro atoms. The maximum absolute atomic E-state index is 12.6. The number of hydrogen-bond acceptors (Lipinski definition) is 4. The number of thioether (sulfide) groups is 1. The van der Waals surface area contributed by atoms with E-state index in [1.807, 2.05) is 0 Å². The predicted molar refractivity (Wildman–Crippen MR) is 99.8 cm³/mol. The topological polar surface area (TPSA) is 49.4 Å². The van der Waals surface area contributed by atoms with Gasteiger partial charge in [0.1, 0.15) is 4.88 Å². The zero-order valence-corrected chi connectivity index (χ0v) is 16.2. The lowest BCUT2D eigenvalue weighted by atomic mass is 10.0. The summed E-state index contributed by atoms with van der Waals surface area (Å²) in [7, 11) is 0. The summed E-state index contributed by atoms with van der Waals surface area (Å²) in [4.78, 5) is 27.2. The van der Waals surface area contributed by atoms with Gasteiger partial charge in [0.2, 0.25) is 5.91 Å². The van der Waals surface area contributed by atoms with Crippen LogP contribution >= 0.6 is 23.1 Å². The number of rotatable bonds is 6. The zero-order valence-electron chi connectivity index (χ0n) is 14.6. The van der Waals surface area contributed by atoms with Crippen LogP contribution in [0.15, 0.2) is 16.3 Å². The van der Waals surface area contributed by atoms with Crippen LogP contribution in [0.25, 0.3) is 0 Å². The summed E-state index contributed by atoms with van der Waals surface area (Å²) in [6, 6.07) is 1.68. The van der Waals surface area contributed by atoms with Gasteiger partial charge in [-0.3, -0.25) is 9.59 Å². The van der Waals surface area contributed by atoms with Crippen LogP contribution in [0.1, 0.15) is 54.6 Å². The lowest BCUT2D eigenvalue weighted by Crippen LogP contribution is -2.46. The monoisotopic (exact) mass is 402 g/mol. The molecule has 2 amide bonds. The number of nitrogens with one attached hydrogen (secondary N) is 1. The molecule has 1 aromatic heterocycles. The minimum atomic E-state index is -2.53. The van der Waals surface area contributed by atoms with Gasteiger partial charge in [0.15, 0.2) is 0 Å². The van der Waals surface area contributed by atoms with Crippen molar-refractivity contribution in [3.8, 4) is 0 Å². The van der Waals surface area contributed by atoms with Crippen LogP contribution < -0.4 is 5.32 Å². The second kappa shape index (κ2) is 9.17. The molecule has 1 N–H and O–H groups in total. The van der Waals surface area contributed by atoms with E-state index in [0.717, 1.165) is 12.8 Å². The second-order valence-electron chi connectivity index (χ2n) is 6.98. The van der Waals surface area contributed by atoms with E-state index in [1.54, 1.807) is 16.3 Å². The SMILES string of the molecule is O=C(CC1CCCC1)NC1CCN(C(=O)c2sccc2SC(F)F)CC1. The van der Waals surface area contributed by atoms with Gasteiger partial charge in [0.05, 0.1) is 0 Å². The van der Waals surface area contributed by atoms with Crippen molar-refractivity contribution in [1.82, 2.24) is 10.2 Å². The van der Waals surface area contributed by atoms with Gasteiger partial charge in [0.25, 0.3) is 11.7 Å². The van der Waals surface area contributed by atoms with Crippen LogP contribution in [0.5, 0.6) is 0 Å². The van der Waals surface area contributed by atoms with E-state index in [4.69, 9.17) is 0 Å². The van der Waals surface area contributed by atoms with Crippen molar-refractivity contribution in [3.05, 3.63) is 16.3 Å². The van der Waals surface area contributed by atoms with Crippen LogP contribution in [0, 0.1) is 5.92 Å². The fourth-order valence-electron chi connectivity index (χ4n) is 3.78. The van der Waals surface area contributed by atoms with E-state index in [-0.39, 0.29) is 17.9 Å². The highest BCUT2D eigenvalue weighted by Gasteiger charge is 2.28. The standard InChI is InChI=1S/C18H24F2N2O2S2/c19-18(20)26-14-7-10-25-16(14)17(24)22-8-5-13(6-9-22)21-15(23)11-12-3-1-2-4-12/h7,10,12-13,18H,1-6,8-9,11H2,(H,21,23). The maximum Gasteiger partial charge on any atom is 0.288 e. The van der Waals surface area contributed by atoms with Crippen molar-refractivity contribution in [2.24, 2.45) is 5.92 Å². The number of carbonyl (C=O) groups excluding carboxylic acids is 2. The Labute approximate surface area is 160 Å². The lowest BCUT2D eigenvalue weighted by molar-refractivity contribution is -0.122. The first-order valence-electron chi connectivity index (χ1n) is 9.14. The summed E-state index contributed by atoms with van der Waals surface area (Å²) >= 11 is 1.63. The average Bonchev–Trinajstić information content (AvgIpc) is 3.26. The van der Waals surface area contributed by atoms with Crippen LogP contribution in [0.3, 0.4) is 0 Å². The number of halogens is 2. The summed E-state index contributed by atoms with van der Waals surface area (Å²) in [5.74, 6) is -2.06. The van der Waals surface area contributed by atoms with E-state index >= 15 is 0 Å². The molecular formula is C18H24F2N2O2S2. The number of carbonyl (C=O) groups is 2. The summed E-state index contributed by atoms with van der Waals surface area (Å²) in [5.41, 5.74) is 0. The van der Waals surface area contributed by atoms with Crippen molar-refractivity contribution in [2.75, 3.05) is 13.1 Å². The lowest BCUT2D eigenvalue weighted by Gasteiger charge is -2.32. The minimum absolute atomic E-state index is 0.103. The third-order valence-electron chi connectivity index (χ3n) is 5.14. The number of piperidine rings is 1. The molecule has 1 saturated carbocycles. The molecule has 0 bridgehead atoms. The normalized spacial score (nSPS) is 19.3. The van der Waals surface area contributed by atoms with Crippen molar-refractivity contribution < 1.29 is 18.4 Å². The van der Waals surface area contributed by atoms with Crippen molar-refractivity contribution in [2.45, 2.75) is 61.6 Å². The molecule has 26 heavy (non-hydrogen) atoms. The fourth-order valence-corrected chi connectivity index (χ4v) is 5.44. The third-order valence-corrected chi connectivity index (χ3v) is 6.94. The Morgan fingerprint density at radius 2 is 1.92 bits per heavy atom. The van der Waals surface area contributed by atoms with E-state index in [2.05, 4.69) is 5.32 Å². The number of thiophene rings is 1. The predicted octanol–water partition coefficient (Wildman–Crippen LogP) is 4.36. The smallest absolute Gasteiger partial charge is 0.288 e. The Balaban J connectivity index is 1.46. The molecule has 1 aromatic rings. The Bertz CT molecular complexity index is 624. The van der Waals surface area contributed by atoms with Gasteiger partial charge < -0.3 is 10.2 Å². The summed E-state index contributed by atoms with van der Waals surface area (Å²) in [5, 5.41) is 4.77. The Morgan fingerprint density at radius 1 is 1.23 bits per heavy atom. The quantitative estimate of drug-likeness (QED) is 0.719. The summed E-state index contributed by atoms with van der Waals surface area (Å²) < 4.78 is 25.2. The van der Waals surface area contributed by atoms with Gasteiger partial charge in [-0.25, -0.2) is 0 Å². The number of likely N-dealkylation sites (tertiary alicyclic amines) is 1. The number of alkyl halides is 2. The van der Waals surface area contributed by atoms with E-state index < -0.39 is 5.76 Å². The fraction of sp³-hybridized carbons (Fsp3) is 0.667. The maximum atomic E-state index is 12.6.